The Morgan fingerprint density at radius 3 is 2.43 bits per heavy atom. The van der Waals surface area contributed by atoms with Crippen molar-refractivity contribution in [1.29, 1.82) is 0 Å². The first-order chi connectivity index (χ1) is 13.5. The molecule has 5 rings (SSSR count). The summed E-state index contributed by atoms with van der Waals surface area (Å²) in [5.74, 6) is 0.658. The zero-order valence-corrected chi connectivity index (χ0v) is 15.4. The van der Waals surface area contributed by atoms with Gasteiger partial charge >= 0.3 is 5.97 Å². The zero-order chi connectivity index (χ0) is 19.5. The molecule has 2 aliphatic heterocycles. The van der Waals surface area contributed by atoms with Crippen LogP contribution in [0.4, 0.5) is 5.69 Å². The molecule has 1 N–H and O–H groups in total. The zero-order valence-electron chi connectivity index (χ0n) is 15.4. The summed E-state index contributed by atoms with van der Waals surface area (Å²) < 4.78 is 12.2. The lowest BCUT2D eigenvalue weighted by atomic mass is 9.77. The molecule has 5 heteroatoms. The number of ether oxygens (including phenoxy) is 2. The van der Waals surface area contributed by atoms with Gasteiger partial charge in [0.2, 0.25) is 5.91 Å². The van der Waals surface area contributed by atoms with Crippen LogP contribution in [0.25, 0.3) is 0 Å². The summed E-state index contributed by atoms with van der Waals surface area (Å²) >= 11 is 0. The second-order valence-corrected chi connectivity index (χ2v) is 7.11. The minimum absolute atomic E-state index is 0.167. The number of amides is 1. The standard InChI is InChI=1S/C23H17NO4/c1-13-7-9-18-20(11-13)27-21-12-15(24-14(2)25)8-10-19(21)23(18)17-6-4-3-5-16(17)22(26)28-23/h3-12H,1-2H3,(H,24,25). The molecule has 1 spiro atoms. The van der Waals surface area contributed by atoms with Gasteiger partial charge in [-0.3, -0.25) is 4.79 Å². The van der Waals surface area contributed by atoms with E-state index < -0.39 is 5.60 Å². The van der Waals surface area contributed by atoms with E-state index in [0.717, 1.165) is 22.3 Å². The summed E-state index contributed by atoms with van der Waals surface area (Å²) in [5, 5.41) is 2.77. The SMILES string of the molecule is CC(=O)Nc1ccc2c(c1)Oc1cc(C)ccc1C21OC(=O)c2ccccc21. The second kappa shape index (κ2) is 5.70. The van der Waals surface area contributed by atoms with Gasteiger partial charge in [0.05, 0.1) is 5.56 Å². The third-order valence-electron chi connectivity index (χ3n) is 5.19. The fourth-order valence-corrected chi connectivity index (χ4v) is 4.06. The normalized spacial score (nSPS) is 18.6. The van der Waals surface area contributed by atoms with Crippen molar-refractivity contribution in [3.63, 3.8) is 0 Å². The largest absolute Gasteiger partial charge is 0.456 e. The van der Waals surface area contributed by atoms with Gasteiger partial charge in [-0.05, 0) is 36.8 Å². The number of aryl methyl sites for hydroxylation is 1. The highest BCUT2D eigenvalue weighted by atomic mass is 16.6. The van der Waals surface area contributed by atoms with Gasteiger partial charge in [0, 0.05) is 35.4 Å². The van der Waals surface area contributed by atoms with Gasteiger partial charge in [0.1, 0.15) is 11.5 Å². The van der Waals surface area contributed by atoms with Crippen molar-refractivity contribution in [3.05, 3.63) is 88.5 Å². The Balaban J connectivity index is 1.81. The van der Waals surface area contributed by atoms with Gasteiger partial charge in [0.25, 0.3) is 0 Å². The van der Waals surface area contributed by atoms with Gasteiger partial charge in [-0.15, -0.1) is 0 Å². The predicted molar refractivity (Wildman–Crippen MR) is 104 cm³/mol. The summed E-state index contributed by atoms with van der Waals surface area (Å²) in [6.45, 7) is 3.43. The fourth-order valence-electron chi connectivity index (χ4n) is 4.06. The van der Waals surface area contributed by atoms with Crippen LogP contribution in [-0.2, 0) is 15.1 Å². The van der Waals surface area contributed by atoms with Crippen molar-refractivity contribution >= 4 is 17.6 Å². The van der Waals surface area contributed by atoms with Crippen molar-refractivity contribution in [2.24, 2.45) is 0 Å². The van der Waals surface area contributed by atoms with Crippen molar-refractivity contribution < 1.29 is 19.1 Å². The molecular formula is C23H17NO4. The minimum atomic E-state index is -1.07. The van der Waals surface area contributed by atoms with E-state index in [1.54, 1.807) is 18.2 Å². The lowest BCUT2D eigenvalue weighted by Gasteiger charge is -2.36. The molecule has 0 saturated carbocycles. The van der Waals surface area contributed by atoms with E-state index in [9.17, 15) is 9.59 Å². The molecule has 0 aromatic heterocycles. The second-order valence-electron chi connectivity index (χ2n) is 7.11. The first-order valence-corrected chi connectivity index (χ1v) is 9.03. The highest BCUT2D eigenvalue weighted by Crippen LogP contribution is 2.56. The summed E-state index contributed by atoms with van der Waals surface area (Å²) in [4.78, 5) is 24.2. The Labute approximate surface area is 161 Å². The third kappa shape index (κ3) is 2.19. The predicted octanol–water partition coefficient (Wildman–Crippen LogP) is 4.52. The maximum absolute atomic E-state index is 12.7. The van der Waals surface area contributed by atoms with Crippen LogP contribution in [0, 0.1) is 6.92 Å². The van der Waals surface area contributed by atoms with E-state index in [0.29, 0.717) is 22.7 Å². The maximum atomic E-state index is 12.7. The number of benzene rings is 3. The van der Waals surface area contributed by atoms with Crippen LogP contribution >= 0.6 is 0 Å². The molecule has 1 unspecified atom stereocenters. The van der Waals surface area contributed by atoms with Crippen LogP contribution in [0.3, 0.4) is 0 Å². The molecule has 0 aliphatic carbocycles. The third-order valence-corrected chi connectivity index (χ3v) is 5.19. The Kier molecular flexibility index (Phi) is 3.37. The topological polar surface area (TPSA) is 64.6 Å². The van der Waals surface area contributed by atoms with E-state index in [1.807, 2.05) is 49.4 Å². The number of esters is 1. The monoisotopic (exact) mass is 371 g/mol. The molecule has 3 aromatic rings. The van der Waals surface area contributed by atoms with Crippen LogP contribution in [0.5, 0.6) is 11.5 Å². The lowest BCUT2D eigenvalue weighted by molar-refractivity contribution is -0.114. The number of rotatable bonds is 1. The van der Waals surface area contributed by atoms with E-state index in [1.165, 1.54) is 6.92 Å². The quantitative estimate of drug-likeness (QED) is 0.639. The highest BCUT2D eigenvalue weighted by Gasteiger charge is 2.53. The van der Waals surface area contributed by atoms with Gasteiger partial charge < -0.3 is 14.8 Å². The molecule has 28 heavy (non-hydrogen) atoms. The summed E-state index contributed by atoms with van der Waals surface area (Å²) in [6.07, 6.45) is 0. The Hall–Kier alpha value is -3.60. The number of carbonyl (C=O) groups is 2. The lowest BCUT2D eigenvalue weighted by Crippen LogP contribution is -2.33. The number of hydrogen-bond donors (Lipinski definition) is 1. The Morgan fingerprint density at radius 1 is 0.929 bits per heavy atom. The number of carbonyl (C=O) groups excluding carboxylic acids is 2. The molecule has 5 nitrogen and oxygen atoms in total. The van der Waals surface area contributed by atoms with Gasteiger partial charge in [-0.2, -0.15) is 0 Å². The molecule has 0 saturated heterocycles. The fraction of sp³-hybridized carbons (Fsp3) is 0.130. The number of anilines is 1. The molecule has 0 bridgehead atoms. The number of fused-ring (bicyclic) bond motifs is 6. The van der Waals surface area contributed by atoms with E-state index in [-0.39, 0.29) is 11.9 Å². The molecule has 2 aliphatic rings. The minimum Gasteiger partial charge on any atom is -0.456 e. The van der Waals surface area contributed by atoms with Crippen LogP contribution in [0.15, 0.2) is 60.7 Å². The number of nitrogens with one attached hydrogen (secondary N) is 1. The van der Waals surface area contributed by atoms with Crippen molar-refractivity contribution in [2.45, 2.75) is 19.4 Å². The van der Waals surface area contributed by atoms with Gasteiger partial charge in [-0.1, -0.05) is 30.3 Å². The molecule has 138 valence electrons. The van der Waals surface area contributed by atoms with Crippen LogP contribution in [0.1, 0.15) is 39.5 Å². The molecule has 0 radical (unpaired) electrons. The van der Waals surface area contributed by atoms with Crippen molar-refractivity contribution in [2.75, 3.05) is 5.32 Å². The Morgan fingerprint density at radius 2 is 1.64 bits per heavy atom. The summed E-state index contributed by atoms with van der Waals surface area (Å²) in [6, 6.07) is 18.7. The molecule has 2 heterocycles. The molecule has 0 fully saturated rings. The van der Waals surface area contributed by atoms with Crippen LogP contribution in [-0.4, -0.2) is 11.9 Å². The van der Waals surface area contributed by atoms with E-state index >= 15 is 0 Å². The average Bonchev–Trinajstić information content (AvgIpc) is 2.95. The molecule has 3 aromatic carbocycles. The van der Waals surface area contributed by atoms with Crippen LogP contribution < -0.4 is 10.1 Å². The van der Waals surface area contributed by atoms with Crippen molar-refractivity contribution in [3.8, 4) is 11.5 Å². The van der Waals surface area contributed by atoms with Crippen LogP contribution in [0.2, 0.25) is 0 Å². The van der Waals surface area contributed by atoms with Crippen molar-refractivity contribution in [1.82, 2.24) is 0 Å². The molecule has 1 atom stereocenters. The van der Waals surface area contributed by atoms with E-state index in [2.05, 4.69) is 5.32 Å². The van der Waals surface area contributed by atoms with Gasteiger partial charge in [-0.25, -0.2) is 4.79 Å². The highest BCUT2D eigenvalue weighted by molar-refractivity contribution is 5.97. The average molecular weight is 371 g/mol. The molecular weight excluding hydrogens is 354 g/mol. The summed E-state index contributed by atoms with van der Waals surface area (Å²) in [7, 11) is 0. The molecule has 1 amide bonds. The smallest absolute Gasteiger partial charge is 0.340 e. The summed E-state index contributed by atoms with van der Waals surface area (Å²) in [5.41, 5.74) is 3.45. The Bertz CT molecular complexity index is 1170. The number of hydrogen-bond acceptors (Lipinski definition) is 4. The first-order valence-electron chi connectivity index (χ1n) is 9.03. The maximum Gasteiger partial charge on any atom is 0.340 e. The first kappa shape index (κ1) is 16.6. The van der Waals surface area contributed by atoms with E-state index in [4.69, 9.17) is 9.47 Å². The van der Waals surface area contributed by atoms with Gasteiger partial charge in [0.15, 0.2) is 5.60 Å².